The second-order valence-electron chi connectivity index (χ2n) is 8.29. The Morgan fingerprint density at radius 1 is 1.32 bits per heavy atom. The van der Waals surface area contributed by atoms with Gasteiger partial charge in [-0.25, -0.2) is 4.79 Å². The number of hydrogen-bond acceptors (Lipinski definition) is 2. The summed E-state index contributed by atoms with van der Waals surface area (Å²) in [5.74, 6) is 1.38. The second-order valence-corrected chi connectivity index (χ2v) is 8.29. The summed E-state index contributed by atoms with van der Waals surface area (Å²) < 4.78 is 5.07. The number of rotatable bonds is 3. The fourth-order valence-electron chi connectivity index (χ4n) is 5.32. The summed E-state index contributed by atoms with van der Waals surface area (Å²) >= 11 is 0. The van der Waals surface area contributed by atoms with Crippen LogP contribution in [0.3, 0.4) is 0 Å². The highest BCUT2D eigenvalue weighted by Crippen LogP contribution is 2.61. The SMILES string of the molecule is CC1=CCC[C@H]2[C@](C)(CCC3=CC(=O)OC3)[C@@H](C)CC[C@]12C. The van der Waals surface area contributed by atoms with Gasteiger partial charge in [-0.15, -0.1) is 0 Å². The smallest absolute Gasteiger partial charge is 0.331 e. The third-order valence-electron chi connectivity index (χ3n) is 7.30. The zero-order valence-electron chi connectivity index (χ0n) is 14.6. The van der Waals surface area contributed by atoms with Gasteiger partial charge in [-0.05, 0) is 73.7 Å². The molecule has 0 aromatic heterocycles. The van der Waals surface area contributed by atoms with Crippen molar-refractivity contribution < 1.29 is 9.53 Å². The van der Waals surface area contributed by atoms with Crippen molar-refractivity contribution >= 4 is 5.97 Å². The molecule has 1 saturated carbocycles. The Kier molecular flexibility index (Phi) is 3.99. The van der Waals surface area contributed by atoms with E-state index in [0.717, 1.165) is 18.3 Å². The maximum atomic E-state index is 11.3. The Labute approximate surface area is 135 Å². The van der Waals surface area contributed by atoms with Crippen molar-refractivity contribution in [2.75, 3.05) is 6.61 Å². The first-order valence-electron chi connectivity index (χ1n) is 8.90. The molecule has 2 nitrogen and oxygen atoms in total. The van der Waals surface area contributed by atoms with Gasteiger partial charge in [-0.1, -0.05) is 32.4 Å². The van der Waals surface area contributed by atoms with E-state index >= 15 is 0 Å². The van der Waals surface area contributed by atoms with E-state index in [0.29, 0.717) is 17.4 Å². The molecule has 0 amide bonds. The number of cyclic esters (lactones) is 1. The second kappa shape index (κ2) is 5.54. The van der Waals surface area contributed by atoms with Crippen LogP contribution in [0.4, 0.5) is 0 Å². The van der Waals surface area contributed by atoms with Crippen molar-refractivity contribution in [3.05, 3.63) is 23.3 Å². The maximum Gasteiger partial charge on any atom is 0.331 e. The van der Waals surface area contributed by atoms with Crippen LogP contribution in [0.2, 0.25) is 0 Å². The summed E-state index contributed by atoms with van der Waals surface area (Å²) in [5.41, 5.74) is 3.56. The highest BCUT2D eigenvalue weighted by molar-refractivity contribution is 5.85. The average molecular weight is 302 g/mol. The largest absolute Gasteiger partial charge is 0.458 e. The molecule has 2 heteroatoms. The molecule has 1 aliphatic heterocycles. The first-order valence-corrected chi connectivity index (χ1v) is 8.90. The predicted octanol–water partition coefficient (Wildman–Crippen LogP) is 5.05. The third kappa shape index (κ3) is 2.45. The van der Waals surface area contributed by atoms with E-state index < -0.39 is 0 Å². The van der Waals surface area contributed by atoms with Crippen LogP contribution in [0.15, 0.2) is 23.3 Å². The molecule has 0 radical (unpaired) electrons. The summed E-state index contributed by atoms with van der Waals surface area (Å²) in [6, 6.07) is 0. The molecule has 1 heterocycles. The molecular weight excluding hydrogens is 272 g/mol. The Hall–Kier alpha value is -1.05. The fourth-order valence-corrected chi connectivity index (χ4v) is 5.32. The molecule has 0 aromatic rings. The zero-order chi connectivity index (χ0) is 16.0. The highest BCUT2D eigenvalue weighted by Gasteiger charge is 2.52. The summed E-state index contributed by atoms with van der Waals surface area (Å²) in [5, 5.41) is 0. The van der Waals surface area contributed by atoms with Crippen LogP contribution in [0.5, 0.6) is 0 Å². The van der Waals surface area contributed by atoms with Gasteiger partial charge in [0.15, 0.2) is 0 Å². The molecule has 22 heavy (non-hydrogen) atoms. The van der Waals surface area contributed by atoms with Gasteiger partial charge < -0.3 is 4.74 Å². The first kappa shape index (κ1) is 15.8. The molecule has 1 fully saturated rings. The van der Waals surface area contributed by atoms with Crippen molar-refractivity contribution in [1.82, 2.24) is 0 Å². The van der Waals surface area contributed by atoms with Gasteiger partial charge in [0.1, 0.15) is 6.61 Å². The van der Waals surface area contributed by atoms with Gasteiger partial charge in [-0.3, -0.25) is 0 Å². The lowest BCUT2D eigenvalue weighted by atomic mass is 9.47. The van der Waals surface area contributed by atoms with Crippen LogP contribution in [-0.2, 0) is 9.53 Å². The van der Waals surface area contributed by atoms with Crippen LogP contribution >= 0.6 is 0 Å². The minimum Gasteiger partial charge on any atom is -0.458 e. The van der Waals surface area contributed by atoms with Crippen molar-refractivity contribution in [3.63, 3.8) is 0 Å². The lowest BCUT2D eigenvalue weighted by Gasteiger charge is -2.58. The van der Waals surface area contributed by atoms with Crippen LogP contribution in [-0.4, -0.2) is 12.6 Å². The summed E-state index contributed by atoms with van der Waals surface area (Å²) in [6.45, 7) is 10.3. The maximum absolute atomic E-state index is 11.3. The van der Waals surface area contributed by atoms with Gasteiger partial charge in [0.05, 0.1) is 0 Å². The number of fused-ring (bicyclic) bond motifs is 1. The molecule has 3 rings (SSSR count). The molecule has 4 atom stereocenters. The number of ether oxygens (including phenoxy) is 1. The minimum atomic E-state index is -0.155. The Morgan fingerprint density at radius 3 is 2.77 bits per heavy atom. The topological polar surface area (TPSA) is 26.3 Å². The van der Waals surface area contributed by atoms with Crippen molar-refractivity contribution in [3.8, 4) is 0 Å². The van der Waals surface area contributed by atoms with Gasteiger partial charge in [0.2, 0.25) is 0 Å². The quantitative estimate of drug-likeness (QED) is 0.539. The molecule has 0 spiro atoms. The van der Waals surface area contributed by atoms with E-state index in [-0.39, 0.29) is 5.97 Å². The molecule has 0 bridgehead atoms. The molecule has 0 saturated heterocycles. The highest BCUT2D eigenvalue weighted by atomic mass is 16.5. The van der Waals surface area contributed by atoms with E-state index in [1.165, 1.54) is 37.7 Å². The normalized spacial score (nSPS) is 41.5. The molecular formula is C20H30O2. The van der Waals surface area contributed by atoms with Gasteiger partial charge in [0, 0.05) is 6.08 Å². The van der Waals surface area contributed by atoms with E-state index in [4.69, 9.17) is 4.74 Å². The minimum absolute atomic E-state index is 0.155. The molecule has 2 aliphatic carbocycles. The van der Waals surface area contributed by atoms with Crippen molar-refractivity contribution in [1.29, 1.82) is 0 Å². The molecule has 122 valence electrons. The summed E-state index contributed by atoms with van der Waals surface area (Å²) in [4.78, 5) is 11.3. The zero-order valence-corrected chi connectivity index (χ0v) is 14.6. The standard InChI is InChI=1S/C20H30O2/c1-14-6-5-7-17-19(14,3)10-8-15(2)20(17,4)11-9-16-12-18(21)22-13-16/h6,12,15,17H,5,7-11,13H2,1-4H3/t15-,17+,19+,20+/m0/s1. The van der Waals surface area contributed by atoms with Crippen LogP contribution in [0.25, 0.3) is 0 Å². The van der Waals surface area contributed by atoms with Crippen molar-refractivity contribution in [2.45, 2.75) is 66.2 Å². The fraction of sp³-hybridized carbons (Fsp3) is 0.750. The van der Waals surface area contributed by atoms with E-state index in [9.17, 15) is 4.79 Å². The van der Waals surface area contributed by atoms with Gasteiger partial charge >= 0.3 is 5.97 Å². The molecule has 0 N–H and O–H groups in total. The lowest BCUT2D eigenvalue weighted by Crippen LogP contribution is -2.49. The van der Waals surface area contributed by atoms with Crippen LogP contribution in [0.1, 0.15) is 66.2 Å². The molecule has 3 aliphatic rings. The van der Waals surface area contributed by atoms with Gasteiger partial charge in [0.25, 0.3) is 0 Å². The summed E-state index contributed by atoms with van der Waals surface area (Å²) in [7, 11) is 0. The Balaban J connectivity index is 1.81. The third-order valence-corrected chi connectivity index (χ3v) is 7.30. The van der Waals surface area contributed by atoms with Crippen molar-refractivity contribution in [2.24, 2.45) is 22.7 Å². The van der Waals surface area contributed by atoms with Gasteiger partial charge in [-0.2, -0.15) is 0 Å². The number of carbonyl (C=O) groups excluding carboxylic acids is 1. The predicted molar refractivity (Wildman–Crippen MR) is 89.4 cm³/mol. The van der Waals surface area contributed by atoms with E-state index in [1.807, 2.05) is 0 Å². The number of carbonyl (C=O) groups is 1. The number of esters is 1. The monoisotopic (exact) mass is 302 g/mol. The number of allylic oxidation sites excluding steroid dienone is 2. The summed E-state index contributed by atoms with van der Waals surface area (Å²) in [6.07, 6.45) is 11.6. The Morgan fingerprint density at radius 2 is 2.09 bits per heavy atom. The first-order chi connectivity index (χ1) is 10.4. The van der Waals surface area contributed by atoms with Crippen LogP contribution < -0.4 is 0 Å². The molecule has 0 unspecified atom stereocenters. The van der Waals surface area contributed by atoms with Crippen LogP contribution in [0, 0.1) is 22.7 Å². The van der Waals surface area contributed by atoms with E-state index in [2.05, 4.69) is 33.8 Å². The Bertz CT molecular complexity index is 530. The lowest BCUT2D eigenvalue weighted by molar-refractivity contribution is -0.134. The number of hydrogen-bond donors (Lipinski definition) is 0. The average Bonchev–Trinajstić information content (AvgIpc) is 2.90. The molecule has 0 aromatic carbocycles. The van der Waals surface area contributed by atoms with E-state index in [1.54, 1.807) is 11.6 Å².